The number of carbonyl (C=O) groups is 3. The highest BCUT2D eigenvalue weighted by molar-refractivity contribution is 6.33. The Hall–Kier alpha value is -2.58. The quantitative estimate of drug-likeness (QED) is 0.496. The van der Waals surface area contributed by atoms with Crippen LogP contribution >= 0.6 is 11.6 Å². The summed E-state index contributed by atoms with van der Waals surface area (Å²) in [7, 11) is 1.79. The Morgan fingerprint density at radius 1 is 1.35 bits per heavy atom. The van der Waals surface area contributed by atoms with Gasteiger partial charge < -0.3 is 25.6 Å². The van der Waals surface area contributed by atoms with E-state index in [0.717, 1.165) is 4.90 Å². The summed E-state index contributed by atoms with van der Waals surface area (Å²) in [5.74, 6) is -0.711. The van der Waals surface area contributed by atoms with Gasteiger partial charge in [-0.3, -0.25) is 4.79 Å². The van der Waals surface area contributed by atoms with Gasteiger partial charge in [-0.05, 0) is 19.1 Å². The zero-order valence-corrected chi connectivity index (χ0v) is 15.4. The minimum absolute atomic E-state index is 0.0963. The summed E-state index contributed by atoms with van der Waals surface area (Å²) in [5.41, 5.74) is 1.35. The van der Waals surface area contributed by atoms with Crippen molar-refractivity contribution in [3.63, 3.8) is 0 Å². The molecule has 140 valence electrons. The van der Waals surface area contributed by atoms with Gasteiger partial charge in [0.2, 0.25) is 0 Å². The van der Waals surface area contributed by atoms with E-state index in [0.29, 0.717) is 22.0 Å². The fourth-order valence-electron chi connectivity index (χ4n) is 2.49. The lowest BCUT2D eigenvalue weighted by atomic mass is 10.1. The maximum Gasteiger partial charge on any atom is 0.337 e. The number of amides is 3. The first-order chi connectivity index (χ1) is 12.4. The molecule has 8 nitrogen and oxygen atoms in total. The van der Waals surface area contributed by atoms with Crippen LogP contribution < -0.4 is 20.9 Å². The largest absolute Gasteiger partial charge is 0.463 e. The van der Waals surface area contributed by atoms with Crippen LogP contribution in [0.5, 0.6) is 0 Å². The third kappa shape index (κ3) is 5.47. The lowest BCUT2D eigenvalue weighted by Crippen LogP contribution is -3.10. The molecule has 0 radical (unpaired) electrons. The van der Waals surface area contributed by atoms with Gasteiger partial charge >= 0.3 is 12.0 Å². The molecule has 0 saturated carbocycles. The second-order valence-corrected chi connectivity index (χ2v) is 6.23. The molecule has 1 aromatic rings. The van der Waals surface area contributed by atoms with Crippen molar-refractivity contribution in [3.05, 3.63) is 40.6 Å². The molecule has 1 aliphatic heterocycles. The Bertz CT molecular complexity index is 735. The lowest BCUT2D eigenvalue weighted by Gasteiger charge is -2.23. The first kappa shape index (κ1) is 19.7. The van der Waals surface area contributed by atoms with Crippen molar-refractivity contribution in [2.24, 2.45) is 0 Å². The van der Waals surface area contributed by atoms with Gasteiger partial charge in [0.25, 0.3) is 5.91 Å². The Morgan fingerprint density at radius 2 is 2.08 bits per heavy atom. The summed E-state index contributed by atoms with van der Waals surface area (Å²) in [4.78, 5) is 36.6. The van der Waals surface area contributed by atoms with E-state index in [1.807, 2.05) is 0 Å². The van der Waals surface area contributed by atoms with E-state index >= 15 is 0 Å². The number of likely N-dealkylation sites (N-methyl/N-ethyl adjacent to an activating group) is 1. The molecule has 0 spiro atoms. The highest BCUT2D eigenvalue weighted by atomic mass is 35.5. The minimum atomic E-state index is -0.483. The average Bonchev–Trinajstić information content (AvgIpc) is 2.57. The van der Waals surface area contributed by atoms with E-state index in [2.05, 4.69) is 16.0 Å². The number of para-hydroxylation sites is 1. The SMILES string of the molecule is CCOC(=O)C1=C(C[NH+](C)CC(=O)Nc2ccccc2Cl)NC(=O)NC1. The maximum absolute atomic E-state index is 12.2. The summed E-state index contributed by atoms with van der Waals surface area (Å²) in [5, 5.41) is 8.36. The van der Waals surface area contributed by atoms with Crippen molar-refractivity contribution in [1.82, 2.24) is 10.6 Å². The van der Waals surface area contributed by atoms with Crippen molar-refractivity contribution >= 4 is 35.2 Å². The molecule has 1 heterocycles. The molecule has 9 heteroatoms. The van der Waals surface area contributed by atoms with Gasteiger partial charge in [0, 0.05) is 0 Å². The van der Waals surface area contributed by atoms with Crippen LogP contribution in [0.3, 0.4) is 0 Å². The van der Waals surface area contributed by atoms with Crippen LogP contribution in [0.2, 0.25) is 5.02 Å². The predicted molar refractivity (Wildman–Crippen MR) is 96.9 cm³/mol. The molecule has 1 unspecified atom stereocenters. The standard InChI is InChI=1S/C17H21ClN4O4/c1-3-26-16(24)11-8-19-17(25)21-14(11)9-22(2)10-15(23)20-13-7-5-4-6-12(13)18/h4-7H,3,8-10H2,1-2H3,(H,20,23)(H2,19,21,25)/p+1. The first-order valence-corrected chi connectivity index (χ1v) is 8.58. The highest BCUT2D eigenvalue weighted by Gasteiger charge is 2.26. The fourth-order valence-corrected chi connectivity index (χ4v) is 2.67. The Balaban J connectivity index is 2.00. The molecule has 26 heavy (non-hydrogen) atoms. The Labute approximate surface area is 156 Å². The van der Waals surface area contributed by atoms with Crippen LogP contribution in [0.25, 0.3) is 0 Å². The second-order valence-electron chi connectivity index (χ2n) is 5.82. The first-order valence-electron chi connectivity index (χ1n) is 8.20. The van der Waals surface area contributed by atoms with Crippen molar-refractivity contribution < 1.29 is 24.0 Å². The molecule has 0 bridgehead atoms. The topological polar surface area (TPSA) is 101 Å². The van der Waals surface area contributed by atoms with E-state index in [4.69, 9.17) is 16.3 Å². The van der Waals surface area contributed by atoms with Gasteiger partial charge in [-0.25, -0.2) is 9.59 Å². The molecule has 1 aliphatic rings. The maximum atomic E-state index is 12.2. The number of nitrogens with one attached hydrogen (secondary N) is 4. The molecule has 0 saturated heterocycles. The number of halogens is 1. The molecule has 0 aromatic heterocycles. The second kappa shape index (κ2) is 9.21. The number of benzene rings is 1. The number of quaternary nitrogens is 1. The molecule has 2 rings (SSSR count). The third-order valence-electron chi connectivity index (χ3n) is 3.67. The van der Waals surface area contributed by atoms with E-state index in [1.54, 1.807) is 38.2 Å². The van der Waals surface area contributed by atoms with Crippen molar-refractivity contribution in [3.8, 4) is 0 Å². The number of urea groups is 1. The van der Waals surface area contributed by atoms with E-state index in [-0.39, 0.29) is 38.2 Å². The van der Waals surface area contributed by atoms with Crippen LogP contribution in [0.4, 0.5) is 10.5 Å². The third-order valence-corrected chi connectivity index (χ3v) is 3.99. The number of carbonyl (C=O) groups excluding carboxylic acids is 3. The highest BCUT2D eigenvalue weighted by Crippen LogP contribution is 2.19. The number of ether oxygens (including phenoxy) is 1. The van der Waals surface area contributed by atoms with Crippen molar-refractivity contribution in [1.29, 1.82) is 0 Å². The lowest BCUT2D eigenvalue weighted by molar-refractivity contribution is -0.866. The predicted octanol–water partition coefficient (Wildman–Crippen LogP) is -0.0768. The van der Waals surface area contributed by atoms with Crippen molar-refractivity contribution in [2.45, 2.75) is 6.92 Å². The van der Waals surface area contributed by atoms with Crippen molar-refractivity contribution in [2.75, 3.05) is 38.6 Å². The summed E-state index contributed by atoms with van der Waals surface area (Å²) < 4.78 is 5.01. The minimum Gasteiger partial charge on any atom is -0.463 e. The van der Waals surface area contributed by atoms with Gasteiger partial charge in [0.1, 0.15) is 6.54 Å². The van der Waals surface area contributed by atoms with Crippen LogP contribution in [-0.2, 0) is 14.3 Å². The van der Waals surface area contributed by atoms with Gasteiger partial charge in [-0.15, -0.1) is 0 Å². The number of anilines is 1. The number of rotatable bonds is 7. The van der Waals surface area contributed by atoms with Crippen LogP contribution in [0, 0.1) is 0 Å². The van der Waals surface area contributed by atoms with Crippen LogP contribution in [-0.4, -0.2) is 51.2 Å². The molecular formula is C17H22ClN4O4+. The molecular weight excluding hydrogens is 360 g/mol. The van der Waals surface area contributed by atoms with Gasteiger partial charge in [0.15, 0.2) is 6.54 Å². The summed E-state index contributed by atoms with van der Waals surface area (Å²) in [6.45, 7) is 2.47. The van der Waals surface area contributed by atoms with E-state index < -0.39 is 5.97 Å². The van der Waals surface area contributed by atoms with Gasteiger partial charge in [-0.2, -0.15) is 0 Å². The molecule has 1 aromatic carbocycles. The number of hydrogen-bond donors (Lipinski definition) is 4. The number of hydrogen-bond acceptors (Lipinski definition) is 4. The molecule has 4 N–H and O–H groups in total. The monoisotopic (exact) mass is 381 g/mol. The zero-order valence-electron chi connectivity index (χ0n) is 14.6. The van der Waals surface area contributed by atoms with E-state index in [9.17, 15) is 14.4 Å². The normalized spacial score (nSPS) is 15.0. The molecule has 0 aliphatic carbocycles. The molecule has 3 amide bonds. The summed E-state index contributed by atoms with van der Waals surface area (Å²) in [6, 6.07) is 6.57. The fraction of sp³-hybridized carbons (Fsp3) is 0.353. The van der Waals surface area contributed by atoms with Gasteiger partial charge in [-0.1, -0.05) is 23.7 Å². The smallest absolute Gasteiger partial charge is 0.337 e. The van der Waals surface area contributed by atoms with Crippen LogP contribution in [0.15, 0.2) is 35.5 Å². The summed E-state index contributed by atoms with van der Waals surface area (Å²) in [6.07, 6.45) is 0. The summed E-state index contributed by atoms with van der Waals surface area (Å²) >= 11 is 6.03. The molecule has 0 fully saturated rings. The van der Waals surface area contributed by atoms with E-state index in [1.165, 1.54) is 0 Å². The Kier molecular flexibility index (Phi) is 6.99. The van der Waals surface area contributed by atoms with Gasteiger partial charge in [0.05, 0.1) is 42.2 Å². The zero-order chi connectivity index (χ0) is 19.1. The van der Waals surface area contributed by atoms with Crippen LogP contribution in [0.1, 0.15) is 6.92 Å². The average molecular weight is 382 g/mol. The number of esters is 1. The Morgan fingerprint density at radius 3 is 2.77 bits per heavy atom. The molecule has 1 atom stereocenters.